The van der Waals surface area contributed by atoms with Crippen molar-refractivity contribution >= 4 is 6.29 Å². The number of furan rings is 1. The molecule has 0 aliphatic carbocycles. The average Bonchev–Trinajstić information content (AvgIpc) is 2.64. The second-order valence-electron chi connectivity index (χ2n) is 4.82. The second kappa shape index (κ2) is 5.85. The summed E-state index contributed by atoms with van der Waals surface area (Å²) in [6.45, 7) is 7.41. The van der Waals surface area contributed by atoms with Gasteiger partial charge in [0.05, 0.1) is 6.54 Å². The minimum atomic E-state index is 0.403. The third-order valence-electron chi connectivity index (χ3n) is 2.77. The first kappa shape index (κ1) is 13.0. The summed E-state index contributed by atoms with van der Waals surface area (Å²) in [7, 11) is 2.08. The summed E-state index contributed by atoms with van der Waals surface area (Å²) < 4.78 is 5.35. The second-order valence-corrected chi connectivity index (χ2v) is 4.82. The van der Waals surface area contributed by atoms with E-state index in [-0.39, 0.29) is 0 Å². The van der Waals surface area contributed by atoms with Crippen LogP contribution in [-0.2, 0) is 6.54 Å². The maximum absolute atomic E-state index is 10.5. The molecule has 0 aliphatic rings. The van der Waals surface area contributed by atoms with Gasteiger partial charge in [0.25, 0.3) is 0 Å². The Hall–Kier alpha value is -1.09. The molecule has 1 aromatic heterocycles. The highest BCUT2D eigenvalue weighted by molar-refractivity contribution is 5.70. The van der Waals surface area contributed by atoms with Gasteiger partial charge < -0.3 is 4.42 Å². The molecule has 0 aromatic carbocycles. The molecule has 0 aliphatic heterocycles. The van der Waals surface area contributed by atoms with Gasteiger partial charge in [-0.15, -0.1) is 0 Å². The van der Waals surface area contributed by atoms with E-state index < -0.39 is 0 Å². The largest absolute Gasteiger partial charge is 0.457 e. The summed E-state index contributed by atoms with van der Waals surface area (Å²) in [4.78, 5) is 12.7. The summed E-state index contributed by atoms with van der Waals surface area (Å²) in [5.74, 6) is 1.94. The molecule has 1 aromatic rings. The van der Waals surface area contributed by atoms with Crippen LogP contribution in [-0.4, -0.2) is 24.3 Å². The van der Waals surface area contributed by atoms with Crippen LogP contribution in [0.4, 0.5) is 0 Å². The molecular formula is C13H21NO2. The van der Waals surface area contributed by atoms with Gasteiger partial charge in [-0.25, -0.2) is 0 Å². The van der Waals surface area contributed by atoms with Crippen LogP contribution in [0.25, 0.3) is 0 Å². The van der Waals surface area contributed by atoms with E-state index in [1.165, 1.54) is 0 Å². The molecule has 0 N–H and O–H groups in total. The highest BCUT2D eigenvalue weighted by Gasteiger charge is 2.12. The van der Waals surface area contributed by atoms with Gasteiger partial charge in [0, 0.05) is 6.04 Å². The lowest BCUT2D eigenvalue weighted by atomic mass is 10.0. The van der Waals surface area contributed by atoms with Gasteiger partial charge in [0.15, 0.2) is 12.0 Å². The topological polar surface area (TPSA) is 33.5 Å². The Morgan fingerprint density at radius 1 is 1.38 bits per heavy atom. The van der Waals surface area contributed by atoms with Crippen LogP contribution < -0.4 is 0 Å². The normalized spacial score (nSPS) is 13.4. The quantitative estimate of drug-likeness (QED) is 0.695. The number of rotatable bonds is 6. The SMILES string of the molecule is CC(C)CC(C)N(C)Cc1ccc(C=O)o1. The lowest BCUT2D eigenvalue weighted by molar-refractivity contribution is 0.109. The van der Waals surface area contributed by atoms with Gasteiger partial charge in [-0.2, -0.15) is 0 Å². The van der Waals surface area contributed by atoms with Gasteiger partial charge in [0.1, 0.15) is 5.76 Å². The lowest BCUT2D eigenvalue weighted by Gasteiger charge is -2.25. The Bertz CT molecular complexity index is 330. The minimum Gasteiger partial charge on any atom is -0.457 e. The van der Waals surface area contributed by atoms with Crippen molar-refractivity contribution < 1.29 is 9.21 Å². The first-order valence-corrected chi connectivity index (χ1v) is 5.77. The smallest absolute Gasteiger partial charge is 0.185 e. The summed E-state index contributed by atoms with van der Waals surface area (Å²) in [5, 5.41) is 0. The molecule has 0 saturated carbocycles. The molecule has 1 unspecified atom stereocenters. The minimum absolute atomic E-state index is 0.403. The molecule has 3 nitrogen and oxygen atoms in total. The fourth-order valence-corrected chi connectivity index (χ4v) is 1.81. The number of hydrogen-bond donors (Lipinski definition) is 0. The fourth-order valence-electron chi connectivity index (χ4n) is 1.81. The highest BCUT2D eigenvalue weighted by atomic mass is 16.3. The van der Waals surface area contributed by atoms with Crippen molar-refractivity contribution in [1.82, 2.24) is 4.90 Å². The van der Waals surface area contributed by atoms with Crippen LogP contribution in [0.2, 0.25) is 0 Å². The summed E-state index contributed by atoms with van der Waals surface area (Å²) in [6.07, 6.45) is 1.90. The molecule has 1 heterocycles. The van der Waals surface area contributed by atoms with E-state index >= 15 is 0 Å². The number of carbonyl (C=O) groups excluding carboxylic acids is 1. The van der Waals surface area contributed by atoms with Crippen molar-refractivity contribution in [1.29, 1.82) is 0 Å². The Morgan fingerprint density at radius 3 is 2.56 bits per heavy atom. The molecule has 0 amide bonds. The van der Waals surface area contributed by atoms with Crippen molar-refractivity contribution in [2.75, 3.05) is 7.05 Å². The first-order chi connectivity index (χ1) is 7.52. The van der Waals surface area contributed by atoms with Crippen LogP contribution in [0.3, 0.4) is 0 Å². The molecule has 0 radical (unpaired) electrons. The van der Waals surface area contributed by atoms with E-state index in [1.54, 1.807) is 6.07 Å². The molecule has 1 atom stereocenters. The van der Waals surface area contributed by atoms with Crippen LogP contribution in [0.5, 0.6) is 0 Å². The number of aldehydes is 1. The van der Waals surface area contributed by atoms with Crippen molar-refractivity contribution in [2.24, 2.45) is 5.92 Å². The Labute approximate surface area is 97.4 Å². The van der Waals surface area contributed by atoms with Crippen molar-refractivity contribution in [3.05, 3.63) is 23.7 Å². The summed E-state index contributed by atoms with van der Waals surface area (Å²) >= 11 is 0. The third kappa shape index (κ3) is 3.81. The molecule has 1 rings (SSSR count). The Morgan fingerprint density at radius 2 is 2.06 bits per heavy atom. The van der Waals surface area contributed by atoms with Crippen LogP contribution in [0.1, 0.15) is 43.5 Å². The zero-order valence-corrected chi connectivity index (χ0v) is 10.6. The van der Waals surface area contributed by atoms with Crippen molar-refractivity contribution in [3.63, 3.8) is 0 Å². The monoisotopic (exact) mass is 223 g/mol. The first-order valence-electron chi connectivity index (χ1n) is 5.77. The van der Waals surface area contributed by atoms with Crippen molar-refractivity contribution in [3.8, 4) is 0 Å². The van der Waals surface area contributed by atoms with Crippen LogP contribution >= 0.6 is 0 Å². The molecule has 0 fully saturated rings. The lowest BCUT2D eigenvalue weighted by Crippen LogP contribution is -2.29. The zero-order valence-electron chi connectivity index (χ0n) is 10.6. The maximum atomic E-state index is 10.5. The maximum Gasteiger partial charge on any atom is 0.185 e. The predicted octanol–water partition coefficient (Wildman–Crippen LogP) is 2.96. The van der Waals surface area contributed by atoms with Crippen LogP contribution in [0, 0.1) is 5.92 Å². The average molecular weight is 223 g/mol. The molecule has 16 heavy (non-hydrogen) atoms. The van der Waals surface area contributed by atoms with Gasteiger partial charge in [-0.1, -0.05) is 13.8 Å². The molecule has 0 bridgehead atoms. The molecular weight excluding hydrogens is 202 g/mol. The summed E-state index contributed by atoms with van der Waals surface area (Å²) in [6, 6.07) is 4.09. The molecule has 90 valence electrons. The van der Waals surface area contributed by atoms with Gasteiger partial charge in [-0.05, 0) is 38.4 Å². The van der Waals surface area contributed by atoms with E-state index in [2.05, 4.69) is 32.7 Å². The molecule has 0 saturated heterocycles. The highest BCUT2D eigenvalue weighted by Crippen LogP contribution is 2.14. The zero-order chi connectivity index (χ0) is 12.1. The summed E-state index contributed by atoms with van der Waals surface area (Å²) in [5.41, 5.74) is 0. The standard InChI is InChI=1S/C13H21NO2/c1-10(2)7-11(3)14(4)8-12-5-6-13(9-15)16-12/h5-6,9-11H,7-8H2,1-4H3. The molecule has 0 spiro atoms. The predicted molar refractivity (Wildman–Crippen MR) is 64.5 cm³/mol. The van der Waals surface area contributed by atoms with Gasteiger partial charge in [0.2, 0.25) is 0 Å². The third-order valence-corrected chi connectivity index (χ3v) is 2.77. The van der Waals surface area contributed by atoms with E-state index in [0.717, 1.165) is 25.0 Å². The van der Waals surface area contributed by atoms with E-state index in [9.17, 15) is 4.79 Å². The fraction of sp³-hybridized carbons (Fsp3) is 0.615. The molecule has 3 heteroatoms. The van der Waals surface area contributed by atoms with Gasteiger partial charge in [-0.3, -0.25) is 9.69 Å². The van der Waals surface area contributed by atoms with E-state index in [1.807, 2.05) is 6.07 Å². The van der Waals surface area contributed by atoms with E-state index in [0.29, 0.717) is 17.7 Å². The number of nitrogens with zero attached hydrogens (tertiary/aromatic N) is 1. The van der Waals surface area contributed by atoms with Crippen molar-refractivity contribution in [2.45, 2.75) is 39.8 Å². The Balaban J connectivity index is 2.49. The van der Waals surface area contributed by atoms with Gasteiger partial charge >= 0.3 is 0 Å². The van der Waals surface area contributed by atoms with E-state index in [4.69, 9.17) is 4.42 Å². The Kier molecular flexibility index (Phi) is 4.74. The number of carbonyl (C=O) groups is 1. The number of hydrogen-bond acceptors (Lipinski definition) is 3. The van der Waals surface area contributed by atoms with Crippen LogP contribution in [0.15, 0.2) is 16.5 Å².